The number of rotatable bonds is 71. The van der Waals surface area contributed by atoms with Crippen LogP contribution in [0.15, 0.2) is 36.5 Å². The summed E-state index contributed by atoms with van der Waals surface area (Å²) in [7, 11) is 0. The minimum atomic E-state index is -0.841. The van der Waals surface area contributed by atoms with Gasteiger partial charge in [-0.3, -0.25) is 9.59 Å². The fourth-order valence-electron chi connectivity index (χ4n) is 11.9. The van der Waals surface area contributed by atoms with Crippen LogP contribution in [-0.4, -0.2) is 47.4 Å². The van der Waals surface area contributed by atoms with Crippen LogP contribution in [0.2, 0.25) is 0 Å². The average Bonchev–Trinajstić information content (AvgIpc) is 3.49. The molecule has 490 valence electrons. The summed E-state index contributed by atoms with van der Waals surface area (Å²) in [6, 6.07) is -0.624. The second-order valence-electron chi connectivity index (χ2n) is 26.0. The molecule has 0 aromatic rings. The highest BCUT2D eigenvalue weighted by molar-refractivity contribution is 5.76. The van der Waals surface area contributed by atoms with E-state index in [-0.39, 0.29) is 18.5 Å². The molecule has 3 N–H and O–H groups in total. The van der Waals surface area contributed by atoms with E-state index in [0.717, 1.165) is 38.5 Å². The maximum Gasteiger partial charge on any atom is 0.305 e. The molecule has 2 atom stereocenters. The zero-order valence-corrected chi connectivity index (χ0v) is 56.2. The number of nitrogens with one attached hydrogen (secondary N) is 1. The first kappa shape index (κ1) is 81.1. The first-order valence-corrected chi connectivity index (χ1v) is 37.8. The zero-order valence-electron chi connectivity index (χ0n) is 56.2. The van der Waals surface area contributed by atoms with E-state index in [1.54, 1.807) is 6.08 Å². The van der Waals surface area contributed by atoms with Gasteiger partial charge in [0.1, 0.15) is 0 Å². The Morgan fingerprint density at radius 1 is 0.325 bits per heavy atom. The van der Waals surface area contributed by atoms with E-state index in [9.17, 15) is 19.8 Å². The van der Waals surface area contributed by atoms with Crippen molar-refractivity contribution >= 4 is 11.9 Å². The van der Waals surface area contributed by atoms with Crippen LogP contribution in [0.4, 0.5) is 0 Å². The van der Waals surface area contributed by atoms with Crippen molar-refractivity contribution in [1.82, 2.24) is 5.32 Å². The number of allylic oxidation sites excluding steroid dienone is 5. The third-order valence-electron chi connectivity index (χ3n) is 17.6. The molecule has 0 heterocycles. The highest BCUT2D eigenvalue weighted by Gasteiger charge is 2.18. The maximum atomic E-state index is 12.5. The number of carbonyl (C=O) groups is 2. The molecule has 2 unspecified atom stereocenters. The monoisotopic (exact) mass is 1170 g/mol. The molecule has 0 aromatic heterocycles. The third-order valence-corrected chi connectivity index (χ3v) is 17.6. The Hall–Kier alpha value is -1.92. The molecule has 0 aliphatic carbocycles. The van der Waals surface area contributed by atoms with Gasteiger partial charge in [-0.25, -0.2) is 0 Å². The van der Waals surface area contributed by atoms with E-state index in [1.165, 1.54) is 353 Å². The predicted molar refractivity (Wildman–Crippen MR) is 366 cm³/mol. The van der Waals surface area contributed by atoms with Gasteiger partial charge in [-0.1, -0.05) is 359 Å². The van der Waals surface area contributed by atoms with Crippen LogP contribution < -0.4 is 5.32 Å². The van der Waals surface area contributed by atoms with Crippen LogP contribution in [-0.2, 0) is 14.3 Å². The van der Waals surface area contributed by atoms with E-state index in [1.807, 2.05) is 6.08 Å². The van der Waals surface area contributed by atoms with Crippen molar-refractivity contribution in [3.8, 4) is 0 Å². The first-order chi connectivity index (χ1) is 41.0. The lowest BCUT2D eigenvalue weighted by Crippen LogP contribution is -2.45. The highest BCUT2D eigenvalue weighted by Crippen LogP contribution is 2.19. The minimum Gasteiger partial charge on any atom is -0.466 e. The quantitative estimate of drug-likeness (QED) is 0.0320. The molecule has 0 rings (SSSR count). The van der Waals surface area contributed by atoms with Crippen molar-refractivity contribution < 1.29 is 24.5 Å². The van der Waals surface area contributed by atoms with E-state index in [2.05, 4.69) is 43.5 Å². The number of aliphatic hydroxyl groups excluding tert-OH is 2. The number of aliphatic hydroxyl groups is 2. The SMILES string of the molecule is CCCCCCCC/C=C\CCCCCCCCCCCC(=O)OCCCCCCCCCCCCCCCC/C=C\CCCCCCCCCCCCCCCCCCCC(=O)NC(CO)C(O)/C=C/CCCCCCCCCCCC. The number of esters is 1. The van der Waals surface area contributed by atoms with Crippen LogP contribution in [0.5, 0.6) is 0 Å². The van der Waals surface area contributed by atoms with E-state index < -0.39 is 12.1 Å². The van der Waals surface area contributed by atoms with Gasteiger partial charge in [-0.05, 0) is 83.5 Å². The first-order valence-electron chi connectivity index (χ1n) is 37.8. The van der Waals surface area contributed by atoms with E-state index >= 15 is 0 Å². The van der Waals surface area contributed by atoms with Crippen molar-refractivity contribution in [3.63, 3.8) is 0 Å². The van der Waals surface area contributed by atoms with Crippen LogP contribution in [0, 0.1) is 0 Å². The van der Waals surface area contributed by atoms with Crippen LogP contribution >= 0.6 is 0 Å². The number of hydrogen-bond acceptors (Lipinski definition) is 5. The number of carbonyl (C=O) groups excluding carboxylic acids is 2. The lowest BCUT2D eigenvalue weighted by molar-refractivity contribution is -0.143. The Morgan fingerprint density at radius 2 is 0.566 bits per heavy atom. The summed E-state index contributed by atoms with van der Waals surface area (Å²) < 4.78 is 5.52. The standard InChI is InChI=1S/C77H147NO5/c1-3-5-7-9-11-13-15-17-18-19-37-41-44-47-51-55-59-63-67-71-77(82)83-72-68-64-60-56-52-48-45-42-39-36-34-32-30-28-26-24-22-20-21-23-25-27-29-31-33-35-38-40-43-46-50-54-58-62-66-70-76(81)78-74(73-79)75(80)69-65-61-57-53-49-16-14-12-10-8-6-4-2/h17-18,22,24,65,69,74-75,79-80H,3-16,19-21,23,25-64,66-68,70-73H2,1-2H3,(H,78,81)/b18-17-,24-22-,69-65+. The Kier molecular flexibility index (Phi) is 70.9. The normalized spacial score (nSPS) is 12.7. The molecule has 0 aliphatic heterocycles. The van der Waals surface area contributed by atoms with Crippen molar-refractivity contribution in [3.05, 3.63) is 36.5 Å². The Balaban J connectivity index is 3.32. The molecule has 0 saturated heterocycles. The molecule has 1 amide bonds. The molecular formula is C77H147NO5. The Bertz CT molecular complexity index is 1340. The molecule has 0 bridgehead atoms. The van der Waals surface area contributed by atoms with Gasteiger partial charge >= 0.3 is 5.97 Å². The maximum absolute atomic E-state index is 12.5. The summed E-state index contributed by atoms with van der Waals surface area (Å²) >= 11 is 0. The van der Waals surface area contributed by atoms with Gasteiger partial charge in [0, 0.05) is 12.8 Å². The van der Waals surface area contributed by atoms with Gasteiger partial charge in [-0.2, -0.15) is 0 Å². The third kappa shape index (κ3) is 69.1. The van der Waals surface area contributed by atoms with Crippen molar-refractivity contribution in [2.45, 2.75) is 431 Å². The van der Waals surface area contributed by atoms with E-state index in [0.29, 0.717) is 19.4 Å². The minimum absolute atomic E-state index is 0.0201. The Morgan fingerprint density at radius 3 is 0.855 bits per heavy atom. The molecule has 0 fully saturated rings. The highest BCUT2D eigenvalue weighted by atomic mass is 16.5. The fraction of sp³-hybridized carbons (Fsp3) is 0.896. The fourth-order valence-corrected chi connectivity index (χ4v) is 11.9. The number of hydrogen-bond donors (Lipinski definition) is 3. The van der Waals surface area contributed by atoms with Crippen LogP contribution in [0.3, 0.4) is 0 Å². The van der Waals surface area contributed by atoms with Gasteiger partial charge in [0.05, 0.1) is 25.4 Å². The summed E-state index contributed by atoms with van der Waals surface area (Å²) in [5, 5.41) is 23.1. The predicted octanol–water partition coefficient (Wildman–Crippen LogP) is 24.7. The summed E-state index contributed by atoms with van der Waals surface area (Å²) in [6.07, 6.45) is 94.0. The summed E-state index contributed by atoms with van der Waals surface area (Å²) in [4.78, 5) is 24.6. The summed E-state index contributed by atoms with van der Waals surface area (Å²) in [5.41, 5.74) is 0. The van der Waals surface area contributed by atoms with Gasteiger partial charge in [0.2, 0.25) is 5.91 Å². The largest absolute Gasteiger partial charge is 0.466 e. The molecule has 83 heavy (non-hydrogen) atoms. The molecule has 0 radical (unpaired) electrons. The molecule has 0 aliphatic rings. The van der Waals surface area contributed by atoms with Crippen LogP contribution in [0.1, 0.15) is 418 Å². The van der Waals surface area contributed by atoms with Crippen molar-refractivity contribution in [2.75, 3.05) is 13.2 Å². The lowest BCUT2D eigenvalue weighted by Gasteiger charge is -2.20. The number of unbranched alkanes of at least 4 members (excludes halogenated alkanes) is 56. The zero-order chi connectivity index (χ0) is 59.9. The van der Waals surface area contributed by atoms with E-state index in [4.69, 9.17) is 4.74 Å². The van der Waals surface area contributed by atoms with Crippen molar-refractivity contribution in [1.29, 1.82) is 0 Å². The van der Waals surface area contributed by atoms with Crippen LogP contribution in [0.25, 0.3) is 0 Å². The number of ether oxygens (including phenoxy) is 1. The van der Waals surface area contributed by atoms with Gasteiger partial charge in [0.15, 0.2) is 0 Å². The van der Waals surface area contributed by atoms with Gasteiger partial charge < -0.3 is 20.3 Å². The second-order valence-corrected chi connectivity index (χ2v) is 26.0. The molecule has 6 nitrogen and oxygen atoms in total. The topological polar surface area (TPSA) is 95.9 Å². The Labute approximate surface area is 519 Å². The molecule has 0 saturated carbocycles. The van der Waals surface area contributed by atoms with Crippen molar-refractivity contribution in [2.24, 2.45) is 0 Å². The molecule has 6 heteroatoms. The summed E-state index contributed by atoms with van der Waals surface area (Å²) in [6.45, 7) is 4.92. The smallest absolute Gasteiger partial charge is 0.305 e. The van der Waals surface area contributed by atoms with Gasteiger partial charge in [0.25, 0.3) is 0 Å². The lowest BCUT2D eigenvalue weighted by atomic mass is 10.0. The second kappa shape index (κ2) is 72.6. The summed E-state index contributed by atoms with van der Waals surface area (Å²) in [5.74, 6) is -0.0433. The molecule has 0 aromatic carbocycles. The number of amides is 1. The molecular weight excluding hydrogens is 1020 g/mol. The van der Waals surface area contributed by atoms with Gasteiger partial charge in [-0.15, -0.1) is 0 Å². The molecule has 0 spiro atoms. The average molecular weight is 1170 g/mol.